The molecule has 0 aliphatic rings. The molecule has 5 nitrogen and oxygen atoms in total. The quantitative estimate of drug-likeness (QED) is 0.507. The lowest BCUT2D eigenvalue weighted by Gasteiger charge is -2.08. The van der Waals surface area contributed by atoms with Gasteiger partial charge in [0, 0.05) is 0 Å². The summed E-state index contributed by atoms with van der Waals surface area (Å²) in [7, 11) is -3.83. The van der Waals surface area contributed by atoms with E-state index in [-0.39, 0.29) is 15.7 Å². The van der Waals surface area contributed by atoms with E-state index in [1.807, 2.05) is 26.8 Å². The van der Waals surface area contributed by atoms with E-state index in [0.29, 0.717) is 5.75 Å². The molecule has 0 amide bonds. The van der Waals surface area contributed by atoms with Crippen molar-refractivity contribution in [3.8, 4) is 5.75 Å². The standard InChI is InChI=1S/C20H18O5S/c1-13-7-9-16(10-8-13)26(22,23)19-12-11-18(24-19)20(21)25-17-6-4-5-14(2)15(17)3/h4-12H,1-3H3. The smallest absolute Gasteiger partial charge is 0.379 e. The van der Waals surface area contributed by atoms with Crippen LogP contribution in [0.4, 0.5) is 0 Å². The Morgan fingerprint density at radius 1 is 0.923 bits per heavy atom. The predicted molar refractivity (Wildman–Crippen MR) is 96.2 cm³/mol. The van der Waals surface area contributed by atoms with E-state index in [9.17, 15) is 13.2 Å². The second kappa shape index (κ2) is 6.80. The number of ether oxygens (including phenoxy) is 1. The molecule has 0 N–H and O–H groups in total. The third-order valence-corrected chi connectivity index (χ3v) is 5.78. The Morgan fingerprint density at radius 2 is 1.62 bits per heavy atom. The highest BCUT2D eigenvalue weighted by Crippen LogP contribution is 2.25. The number of rotatable bonds is 4. The van der Waals surface area contributed by atoms with Gasteiger partial charge in [0.05, 0.1) is 4.90 Å². The molecule has 2 aromatic carbocycles. The van der Waals surface area contributed by atoms with Crippen molar-refractivity contribution in [2.24, 2.45) is 0 Å². The van der Waals surface area contributed by atoms with Gasteiger partial charge in [-0.25, -0.2) is 13.2 Å². The summed E-state index contributed by atoms with van der Waals surface area (Å²) in [5.74, 6) is -0.505. The van der Waals surface area contributed by atoms with E-state index in [4.69, 9.17) is 9.15 Å². The van der Waals surface area contributed by atoms with Gasteiger partial charge >= 0.3 is 5.97 Å². The Morgan fingerprint density at radius 3 is 2.31 bits per heavy atom. The SMILES string of the molecule is Cc1ccc(S(=O)(=O)c2ccc(C(=O)Oc3cccc(C)c3C)o2)cc1. The number of carbonyl (C=O) groups excluding carboxylic acids is 1. The maximum absolute atomic E-state index is 12.6. The van der Waals surface area contributed by atoms with Gasteiger partial charge in [0.2, 0.25) is 20.7 Å². The van der Waals surface area contributed by atoms with Crippen LogP contribution in [-0.4, -0.2) is 14.4 Å². The van der Waals surface area contributed by atoms with Crippen LogP contribution in [0.1, 0.15) is 27.2 Å². The molecule has 0 spiro atoms. The lowest BCUT2D eigenvalue weighted by molar-refractivity contribution is 0.0694. The molecule has 0 atom stereocenters. The topological polar surface area (TPSA) is 73.6 Å². The van der Waals surface area contributed by atoms with Crippen LogP contribution in [0.25, 0.3) is 0 Å². The largest absolute Gasteiger partial charge is 0.437 e. The number of hydrogen-bond donors (Lipinski definition) is 0. The summed E-state index contributed by atoms with van der Waals surface area (Å²) in [6.45, 7) is 5.61. The van der Waals surface area contributed by atoms with Gasteiger partial charge in [0.1, 0.15) is 5.75 Å². The van der Waals surface area contributed by atoms with Crippen molar-refractivity contribution in [1.29, 1.82) is 0 Å². The highest BCUT2D eigenvalue weighted by Gasteiger charge is 2.24. The zero-order valence-electron chi connectivity index (χ0n) is 14.6. The summed E-state index contributed by atoms with van der Waals surface area (Å²) in [6.07, 6.45) is 0. The Hall–Kier alpha value is -2.86. The summed E-state index contributed by atoms with van der Waals surface area (Å²) < 4.78 is 35.8. The Bertz CT molecular complexity index is 1060. The fraction of sp³-hybridized carbons (Fsp3) is 0.150. The molecule has 0 saturated heterocycles. The lowest BCUT2D eigenvalue weighted by atomic mass is 10.1. The first kappa shape index (κ1) is 17.9. The molecule has 26 heavy (non-hydrogen) atoms. The van der Waals surface area contributed by atoms with Gasteiger partial charge in [-0.1, -0.05) is 29.8 Å². The minimum absolute atomic E-state index is 0.104. The number of esters is 1. The molecule has 0 saturated carbocycles. The van der Waals surface area contributed by atoms with Crippen molar-refractivity contribution in [1.82, 2.24) is 0 Å². The molecule has 0 bridgehead atoms. The summed E-state index contributed by atoms with van der Waals surface area (Å²) in [6, 6.07) is 14.3. The van der Waals surface area contributed by atoms with Gasteiger partial charge in [-0.15, -0.1) is 0 Å². The minimum Gasteiger partial charge on any atom is -0.437 e. The van der Waals surface area contributed by atoms with Gasteiger partial charge in [-0.3, -0.25) is 0 Å². The first-order chi connectivity index (χ1) is 12.3. The average Bonchev–Trinajstić information content (AvgIpc) is 3.10. The molecule has 0 unspecified atom stereocenters. The van der Waals surface area contributed by atoms with Crippen molar-refractivity contribution >= 4 is 15.8 Å². The summed E-state index contributed by atoms with van der Waals surface area (Å²) >= 11 is 0. The molecule has 3 aromatic rings. The second-order valence-electron chi connectivity index (χ2n) is 6.02. The molecule has 1 heterocycles. The van der Waals surface area contributed by atoms with E-state index >= 15 is 0 Å². The van der Waals surface area contributed by atoms with Crippen LogP contribution in [-0.2, 0) is 9.84 Å². The third kappa shape index (κ3) is 3.41. The summed E-state index contributed by atoms with van der Waals surface area (Å²) in [5.41, 5.74) is 2.76. The van der Waals surface area contributed by atoms with Crippen LogP contribution in [0.2, 0.25) is 0 Å². The highest BCUT2D eigenvalue weighted by atomic mass is 32.2. The molecule has 0 aliphatic heterocycles. The molecular formula is C20H18O5S. The van der Waals surface area contributed by atoms with Crippen molar-refractivity contribution in [2.45, 2.75) is 30.8 Å². The monoisotopic (exact) mass is 370 g/mol. The van der Waals surface area contributed by atoms with E-state index in [1.165, 1.54) is 24.3 Å². The molecular weight excluding hydrogens is 352 g/mol. The van der Waals surface area contributed by atoms with Crippen molar-refractivity contribution in [2.75, 3.05) is 0 Å². The van der Waals surface area contributed by atoms with Crippen LogP contribution >= 0.6 is 0 Å². The maximum atomic E-state index is 12.6. The molecule has 0 aliphatic carbocycles. The van der Waals surface area contributed by atoms with E-state index < -0.39 is 15.8 Å². The molecule has 134 valence electrons. The van der Waals surface area contributed by atoms with Crippen LogP contribution < -0.4 is 4.74 Å². The molecule has 6 heteroatoms. The summed E-state index contributed by atoms with van der Waals surface area (Å²) in [4.78, 5) is 12.4. The maximum Gasteiger partial charge on any atom is 0.379 e. The Kier molecular flexibility index (Phi) is 4.70. The normalized spacial score (nSPS) is 11.3. The molecule has 1 aromatic heterocycles. The second-order valence-corrected chi connectivity index (χ2v) is 7.90. The van der Waals surface area contributed by atoms with Gasteiger partial charge in [-0.2, -0.15) is 0 Å². The first-order valence-corrected chi connectivity index (χ1v) is 9.47. The molecule has 3 rings (SSSR count). The van der Waals surface area contributed by atoms with Crippen LogP contribution in [0, 0.1) is 20.8 Å². The fourth-order valence-corrected chi connectivity index (χ4v) is 3.57. The van der Waals surface area contributed by atoms with Crippen molar-refractivity contribution in [3.05, 3.63) is 77.0 Å². The van der Waals surface area contributed by atoms with Gasteiger partial charge in [0.15, 0.2) is 0 Å². The third-order valence-electron chi connectivity index (χ3n) is 4.14. The highest BCUT2D eigenvalue weighted by molar-refractivity contribution is 7.91. The number of furan rings is 1. The molecule has 0 fully saturated rings. The van der Waals surface area contributed by atoms with Crippen molar-refractivity contribution < 1.29 is 22.4 Å². The average molecular weight is 370 g/mol. The van der Waals surface area contributed by atoms with E-state index in [0.717, 1.165) is 16.7 Å². The summed E-state index contributed by atoms with van der Waals surface area (Å²) in [5, 5.41) is -0.297. The number of benzene rings is 2. The van der Waals surface area contributed by atoms with Gasteiger partial charge < -0.3 is 9.15 Å². The number of sulfone groups is 1. The molecule has 0 radical (unpaired) electrons. The van der Waals surface area contributed by atoms with E-state index in [1.54, 1.807) is 24.3 Å². The lowest BCUT2D eigenvalue weighted by Crippen LogP contribution is -2.08. The fourth-order valence-electron chi connectivity index (χ4n) is 2.39. The van der Waals surface area contributed by atoms with Crippen LogP contribution in [0.5, 0.6) is 5.75 Å². The first-order valence-electron chi connectivity index (χ1n) is 7.99. The zero-order valence-corrected chi connectivity index (χ0v) is 15.5. The zero-order chi connectivity index (χ0) is 18.9. The number of carbonyl (C=O) groups is 1. The van der Waals surface area contributed by atoms with Gasteiger partial charge in [0.25, 0.3) is 0 Å². The Labute approximate surface area is 152 Å². The van der Waals surface area contributed by atoms with Gasteiger partial charge in [-0.05, 0) is 62.2 Å². The van der Waals surface area contributed by atoms with Crippen LogP contribution in [0.15, 0.2) is 69.0 Å². The van der Waals surface area contributed by atoms with Crippen molar-refractivity contribution in [3.63, 3.8) is 0 Å². The Balaban J connectivity index is 1.86. The van der Waals surface area contributed by atoms with Crippen LogP contribution in [0.3, 0.4) is 0 Å². The number of hydrogen-bond acceptors (Lipinski definition) is 5. The minimum atomic E-state index is -3.83. The van der Waals surface area contributed by atoms with E-state index in [2.05, 4.69) is 0 Å². The predicted octanol–water partition coefficient (Wildman–Crippen LogP) is 4.26. The number of aryl methyl sites for hydroxylation is 2.